The van der Waals surface area contributed by atoms with Gasteiger partial charge in [-0.2, -0.15) is 0 Å². The van der Waals surface area contributed by atoms with Gasteiger partial charge in [-0.05, 0) is 19.1 Å². The molecule has 0 bridgehead atoms. The summed E-state index contributed by atoms with van der Waals surface area (Å²) in [5.41, 5.74) is 0. The Morgan fingerprint density at radius 3 is 2.75 bits per heavy atom. The Hall–Kier alpha value is -3.10. The lowest BCUT2D eigenvalue weighted by molar-refractivity contribution is -0.148. The van der Waals surface area contributed by atoms with E-state index in [2.05, 4.69) is 15.8 Å². The lowest BCUT2D eigenvalue weighted by Crippen LogP contribution is -2.24. The van der Waals surface area contributed by atoms with Gasteiger partial charge in [0.1, 0.15) is 11.5 Å². The van der Waals surface area contributed by atoms with Crippen LogP contribution in [0.5, 0.6) is 0 Å². The fraction of sp³-hybridized carbons (Fsp3) is 0.333. The van der Waals surface area contributed by atoms with Crippen LogP contribution in [0.15, 0.2) is 33.4 Å². The van der Waals surface area contributed by atoms with Crippen LogP contribution in [-0.4, -0.2) is 29.5 Å². The van der Waals surface area contributed by atoms with Crippen molar-refractivity contribution in [2.45, 2.75) is 26.3 Å². The second kappa shape index (κ2) is 8.51. The molecule has 2 amide bonds. The summed E-state index contributed by atoms with van der Waals surface area (Å²) in [5.74, 6) is -0.0983. The minimum absolute atomic E-state index is 0.0381. The fourth-order valence-electron chi connectivity index (χ4n) is 1.73. The summed E-state index contributed by atoms with van der Waals surface area (Å²) in [6, 6.07) is 4.97. The molecule has 0 atom stereocenters. The largest absolute Gasteiger partial charge is 0.467 e. The summed E-state index contributed by atoms with van der Waals surface area (Å²) >= 11 is 0. The number of nitrogens with zero attached hydrogens (tertiary/aromatic N) is 1. The minimum Gasteiger partial charge on any atom is -0.467 e. The van der Waals surface area contributed by atoms with E-state index in [0.717, 1.165) is 0 Å². The summed E-state index contributed by atoms with van der Waals surface area (Å²) < 4.78 is 14.6. The molecule has 0 aliphatic rings. The van der Waals surface area contributed by atoms with Gasteiger partial charge in [-0.15, -0.1) is 0 Å². The van der Waals surface area contributed by atoms with Gasteiger partial charge in [-0.1, -0.05) is 5.16 Å². The number of anilines is 1. The highest BCUT2D eigenvalue weighted by atomic mass is 16.5. The monoisotopic (exact) mass is 335 g/mol. The maximum atomic E-state index is 11.6. The SMILES string of the molecule is Cc1cc(NC(=O)COC(=O)CCC(=O)NCc2ccco2)no1. The Labute approximate surface area is 137 Å². The van der Waals surface area contributed by atoms with Crippen molar-refractivity contribution in [1.82, 2.24) is 10.5 Å². The number of carbonyl (C=O) groups excluding carboxylic acids is 3. The molecule has 9 heteroatoms. The molecule has 0 aromatic carbocycles. The van der Waals surface area contributed by atoms with Crippen molar-refractivity contribution in [3.05, 3.63) is 36.0 Å². The van der Waals surface area contributed by atoms with E-state index in [1.807, 2.05) is 0 Å². The molecule has 2 aromatic heterocycles. The molecule has 0 saturated heterocycles. The molecule has 128 valence electrons. The van der Waals surface area contributed by atoms with Gasteiger partial charge >= 0.3 is 5.97 Å². The van der Waals surface area contributed by atoms with E-state index in [9.17, 15) is 14.4 Å². The van der Waals surface area contributed by atoms with Crippen LogP contribution in [0.4, 0.5) is 5.82 Å². The van der Waals surface area contributed by atoms with Crippen molar-refractivity contribution in [3.8, 4) is 0 Å². The predicted molar refractivity (Wildman–Crippen MR) is 80.6 cm³/mol. The van der Waals surface area contributed by atoms with Crippen LogP contribution in [0.25, 0.3) is 0 Å². The number of hydrogen-bond acceptors (Lipinski definition) is 7. The van der Waals surface area contributed by atoms with Crippen molar-refractivity contribution < 1.29 is 28.1 Å². The minimum atomic E-state index is -0.644. The molecule has 9 nitrogen and oxygen atoms in total. The highest BCUT2D eigenvalue weighted by molar-refractivity contribution is 5.92. The fourth-order valence-corrected chi connectivity index (χ4v) is 1.73. The molecule has 0 aliphatic carbocycles. The number of carbonyl (C=O) groups is 3. The van der Waals surface area contributed by atoms with Crippen LogP contribution in [0, 0.1) is 6.92 Å². The summed E-state index contributed by atoms with van der Waals surface area (Å²) in [6.07, 6.45) is 1.34. The topological polar surface area (TPSA) is 124 Å². The molecule has 2 rings (SSSR count). The van der Waals surface area contributed by atoms with E-state index >= 15 is 0 Å². The lowest BCUT2D eigenvalue weighted by atomic mass is 10.3. The zero-order valence-electron chi connectivity index (χ0n) is 13.0. The Kier molecular flexibility index (Phi) is 6.12. The Bertz CT molecular complexity index is 692. The normalized spacial score (nSPS) is 10.2. The number of esters is 1. The maximum absolute atomic E-state index is 11.6. The molecule has 24 heavy (non-hydrogen) atoms. The van der Waals surface area contributed by atoms with Crippen LogP contribution >= 0.6 is 0 Å². The van der Waals surface area contributed by atoms with E-state index in [-0.39, 0.29) is 31.1 Å². The first kappa shape index (κ1) is 17.3. The van der Waals surface area contributed by atoms with Crippen molar-refractivity contribution in [1.29, 1.82) is 0 Å². The first-order valence-electron chi connectivity index (χ1n) is 7.21. The van der Waals surface area contributed by atoms with Crippen LogP contribution in [-0.2, 0) is 25.7 Å². The van der Waals surface area contributed by atoms with Crippen LogP contribution in [0.2, 0.25) is 0 Å². The number of furan rings is 1. The summed E-state index contributed by atoms with van der Waals surface area (Å²) in [7, 11) is 0. The highest BCUT2D eigenvalue weighted by Gasteiger charge is 2.12. The molecule has 0 unspecified atom stereocenters. The number of amides is 2. The molecule has 0 fully saturated rings. The Morgan fingerprint density at radius 1 is 1.25 bits per heavy atom. The molecule has 2 aromatic rings. The van der Waals surface area contributed by atoms with Gasteiger partial charge in [-0.3, -0.25) is 14.4 Å². The summed E-state index contributed by atoms with van der Waals surface area (Å²) in [4.78, 5) is 34.6. The molecule has 0 saturated carbocycles. The van der Waals surface area contributed by atoms with Gasteiger partial charge in [0, 0.05) is 12.5 Å². The van der Waals surface area contributed by atoms with E-state index in [1.54, 1.807) is 19.1 Å². The Morgan fingerprint density at radius 2 is 2.08 bits per heavy atom. The third kappa shape index (κ3) is 5.95. The number of nitrogens with one attached hydrogen (secondary N) is 2. The predicted octanol–water partition coefficient (Wildman–Crippen LogP) is 1.15. The third-order valence-corrected chi connectivity index (χ3v) is 2.86. The molecule has 2 heterocycles. The van der Waals surface area contributed by atoms with Crippen LogP contribution in [0.1, 0.15) is 24.4 Å². The molecule has 0 radical (unpaired) electrons. The van der Waals surface area contributed by atoms with Gasteiger partial charge in [0.05, 0.1) is 19.2 Å². The first-order valence-corrected chi connectivity index (χ1v) is 7.21. The number of ether oxygens (including phenoxy) is 1. The van der Waals surface area contributed by atoms with Gasteiger partial charge in [0.15, 0.2) is 12.4 Å². The van der Waals surface area contributed by atoms with Crippen molar-refractivity contribution in [2.24, 2.45) is 0 Å². The maximum Gasteiger partial charge on any atom is 0.306 e. The molecule has 0 spiro atoms. The van der Waals surface area contributed by atoms with Gasteiger partial charge < -0.3 is 24.3 Å². The van der Waals surface area contributed by atoms with E-state index in [4.69, 9.17) is 13.7 Å². The van der Waals surface area contributed by atoms with Crippen molar-refractivity contribution >= 4 is 23.6 Å². The zero-order valence-corrected chi connectivity index (χ0v) is 13.0. The lowest BCUT2D eigenvalue weighted by Gasteiger charge is -2.05. The number of hydrogen-bond donors (Lipinski definition) is 2. The smallest absolute Gasteiger partial charge is 0.306 e. The van der Waals surface area contributed by atoms with E-state index < -0.39 is 18.5 Å². The summed E-state index contributed by atoms with van der Waals surface area (Å²) in [6.45, 7) is 1.47. The van der Waals surface area contributed by atoms with Gasteiger partial charge in [0.2, 0.25) is 5.91 Å². The van der Waals surface area contributed by atoms with Crippen LogP contribution < -0.4 is 10.6 Å². The number of aromatic nitrogens is 1. The quantitative estimate of drug-likeness (QED) is 0.694. The Balaban J connectivity index is 1.58. The average molecular weight is 335 g/mol. The third-order valence-electron chi connectivity index (χ3n) is 2.86. The first-order chi connectivity index (χ1) is 11.5. The summed E-state index contributed by atoms with van der Waals surface area (Å²) in [5, 5.41) is 8.59. The van der Waals surface area contributed by atoms with E-state index in [0.29, 0.717) is 11.5 Å². The number of aryl methyl sites for hydroxylation is 1. The van der Waals surface area contributed by atoms with Gasteiger partial charge in [-0.25, -0.2) is 0 Å². The molecular weight excluding hydrogens is 318 g/mol. The standard InChI is InChI=1S/C15H17N3O6/c1-10-7-12(18-24-10)17-14(20)9-23-15(21)5-4-13(19)16-8-11-3-2-6-22-11/h2-3,6-7H,4-5,8-9H2,1H3,(H,16,19)(H,17,18,20). The molecule has 2 N–H and O–H groups in total. The van der Waals surface area contributed by atoms with Crippen LogP contribution in [0.3, 0.4) is 0 Å². The van der Waals surface area contributed by atoms with E-state index in [1.165, 1.54) is 12.3 Å². The number of rotatable bonds is 8. The van der Waals surface area contributed by atoms with Crippen molar-refractivity contribution in [3.63, 3.8) is 0 Å². The average Bonchev–Trinajstić information content (AvgIpc) is 3.20. The van der Waals surface area contributed by atoms with Crippen molar-refractivity contribution in [2.75, 3.05) is 11.9 Å². The second-order valence-corrected chi connectivity index (χ2v) is 4.89. The zero-order chi connectivity index (χ0) is 17.4. The second-order valence-electron chi connectivity index (χ2n) is 4.89. The van der Waals surface area contributed by atoms with Gasteiger partial charge in [0.25, 0.3) is 5.91 Å². The highest BCUT2D eigenvalue weighted by Crippen LogP contribution is 2.06. The molecule has 0 aliphatic heterocycles. The molecular formula is C15H17N3O6.